The number of methoxy groups -OCH3 is 2. The topological polar surface area (TPSA) is 80.2 Å². The first-order chi connectivity index (χ1) is 11.5. The number of carbonyl (C=O) groups excluding carboxylic acids is 1. The Morgan fingerprint density at radius 2 is 1.75 bits per heavy atom. The molecule has 2 rings (SSSR count). The molecule has 6 heteroatoms. The number of aryl methyl sites for hydroxylation is 1. The lowest BCUT2D eigenvalue weighted by Gasteiger charge is -2.12. The predicted octanol–water partition coefficient (Wildman–Crippen LogP) is 2.87. The number of nitrogens with zero attached hydrogens (tertiary/aromatic N) is 1. The molecule has 1 amide bonds. The van der Waals surface area contributed by atoms with Gasteiger partial charge in [-0.3, -0.25) is 4.79 Å². The molecule has 0 radical (unpaired) electrons. The third kappa shape index (κ3) is 3.65. The zero-order valence-electron chi connectivity index (χ0n) is 14.1. The van der Waals surface area contributed by atoms with Crippen molar-refractivity contribution in [3.8, 4) is 17.2 Å². The number of carbonyl (C=O) groups is 1. The second kappa shape index (κ2) is 7.50. The van der Waals surface area contributed by atoms with Crippen LogP contribution in [0.2, 0.25) is 0 Å². The Morgan fingerprint density at radius 3 is 2.33 bits per heavy atom. The van der Waals surface area contributed by atoms with Crippen LogP contribution in [-0.4, -0.2) is 30.9 Å². The first-order valence-electron chi connectivity index (χ1n) is 7.33. The zero-order chi connectivity index (χ0) is 17.7. The van der Waals surface area contributed by atoms with E-state index in [-0.39, 0.29) is 17.4 Å². The van der Waals surface area contributed by atoms with Gasteiger partial charge in [0.25, 0.3) is 5.91 Å². The summed E-state index contributed by atoms with van der Waals surface area (Å²) in [5.74, 6) is 0.210. The lowest BCUT2D eigenvalue weighted by atomic mass is 10.1. The first-order valence-corrected chi connectivity index (χ1v) is 7.33. The van der Waals surface area contributed by atoms with Crippen LogP contribution in [0.5, 0.6) is 17.2 Å². The molecule has 0 aliphatic rings. The van der Waals surface area contributed by atoms with Crippen molar-refractivity contribution in [1.29, 1.82) is 0 Å². The molecule has 0 saturated carbocycles. The fourth-order valence-corrected chi connectivity index (χ4v) is 2.17. The zero-order valence-corrected chi connectivity index (χ0v) is 14.1. The molecule has 0 heterocycles. The molecule has 0 fully saturated rings. The molecule has 2 N–H and O–H groups in total. The van der Waals surface area contributed by atoms with Crippen LogP contribution < -0.4 is 14.9 Å². The lowest BCUT2D eigenvalue weighted by Crippen LogP contribution is -2.19. The van der Waals surface area contributed by atoms with Crippen molar-refractivity contribution < 1.29 is 19.4 Å². The molecule has 0 aromatic heterocycles. The van der Waals surface area contributed by atoms with Crippen molar-refractivity contribution in [2.45, 2.75) is 13.8 Å². The number of hydrogen-bond donors (Lipinski definition) is 2. The highest BCUT2D eigenvalue weighted by atomic mass is 16.5. The molecule has 0 unspecified atom stereocenters. The number of ether oxygens (including phenoxy) is 2. The van der Waals surface area contributed by atoms with Gasteiger partial charge in [0.2, 0.25) is 5.75 Å². The number of aromatic hydroxyl groups is 1. The van der Waals surface area contributed by atoms with Crippen molar-refractivity contribution >= 4 is 11.6 Å². The van der Waals surface area contributed by atoms with E-state index in [1.54, 1.807) is 31.2 Å². The van der Waals surface area contributed by atoms with Crippen LogP contribution in [0.3, 0.4) is 0 Å². The van der Waals surface area contributed by atoms with E-state index in [0.717, 1.165) is 5.56 Å². The number of rotatable bonds is 5. The van der Waals surface area contributed by atoms with Crippen LogP contribution in [0.1, 0.15) is 28.4 Å². The van der Waals surface area contributed by atoms with E-state index >= 15 is 0 Å². The summed E-state index contributed by atoms with van der Waals surface area (Å²) in [6.07, 6.45) is 0. The Hall–Kier alpha value is -3.02. The normalized spacial score (nSPS) is 11.1. The van der Waals surface area contributed by atoms with Gasteiger partial charge in [-0.15, -0.1) is 0 Å². The number of benzene rings is 2. The Morgan fingerprint density at radius 1 is 1.08 bits per heavy atom. The van der Waals surface area contributed by atoms with E-state index in [1.165, 1.54) is 14.2 Å². The summed E-state index contributed by atoms with van der Waals surface area (Å²) < 4.78 is 10.3. The number of phenolic OH excluding ortho intramolecular Hbond substituents is 1. The molecule has 0 saturated heterocycles. The smallest absolute Gasteiger partial charge is 0.271 e. The van der Waals surface area contributed by atoms with E-state index in [0.29, 0.717) is 22.6 Å². The van der Waals surface area contributed by atoms with Gasteiger partial charge in [0.05, 0.1) is 19.9 Å². The molecule has 0 atom stereocenters. The Bertz CT molecular complexity index is 767. The van der Waals surface area contributed by atoms with Gasteiger partial charge in [-0.05, 0) is 38.1 Å². The van der Waals surface area contributed by atoms with Crippen LogP contribution in [0.4, 0.5) is 0 Å². The van der Waals surface area contributed by atoms with Crippen LogP contribution in [0.25, 0.3) is 0 Å². The highest BCUT2D eigenvalue weighted by Gasteiger charge is 2.16. The highest BCUT2D eigenvalue weighted by Crippen LogP contribution is 2.38. The van der Waals surface area contributed by atoms with Crippen molar-refractivity contribution in [3.63, 3.8) is 0 Å². The summed E-state index contributed by atoms with van der Waals surface area (Å²) >= 11 is 0. The summed E-state index contributed by atoms with van der Waals surface area (Å²) in [7, 11) is 2.92. The molecule has 0 bridgehead atoms. The van der Waals surface area contributed by atoms with Crippen molar-refractivity contribution in [3.05, 3.63) is 53.1 Å². The lowest BCUT2D eigenvalue weighted by molar-refractivity contribution is 0.0955. The summed E-state index contributed by atoms with van der Waals surface area (Å²) in [6, 6.07) is 10.5. The molecule has 2 aromatic carbocycles. The second-order valence-corrected chi connectivity index (χ2v) is 5.20. The van der Waals surface area contributed by atoms with Crippen LogP contribution >= 0.6 is 0 Å². The van der Waals surface area contributed by atoms with Crippen LogP contribution in [-0.2, 0) is 0 Å². The van der Waals surface area contributed by atoms with Gasteiger partial charge in [-0.1, -0.05) is 17.7 Å². The second-order valence-electron chi connectivity index (χ2n) is 5.20. The molecular formula is C18H20N2O4. The third-order valence-electron chi connectivity index (χ3n) is 3.55. The van der Waals surface area contributed by atoms with Gasteiger partial charge in [-0.2, -0.15) is 5.10 Å². The molecule has 24 heavy (non-hydrogen) atoms. The predicted molar refractivity (Wildman–Crippen MR) is 92.1 cm³/mol. The third-order valence-corrected chi connectivity index (χ3v) is 3.55. The molecule has 6 nitrogen and oxygen atoms in total. The average molecular weight is 328 g/mol. The van der Waals surface area contributed by atoms with Crippen molar-refractivity contribution in [1.82, 2.24) is 5.43 Å². The number of hydrogen-bond acceptors (Lipinski definition) is 5. The molecule has 0 aliphatic heterocycles. The van der Waals surface area contributed by atoms with Crippen molar-refractivity contribution in [2.24, 2.45) is 5.10 Å². The van der Waals surface area contributed by atoms with E-state index in [4.69, 9.17) is 9.47 Å². The van der Waals surface area contributed by atoms with Gasteiger partial charge < -0.3 is 14.6 Å². The Labute approximate surface area is 140 Å². The van der Waals surface area contributed by atoms with E-state index in [9.17, 15) is 9.90 Å². The number of amides is 1. The first kappa shape index (κ1) is 17.3. The molecule has 2 aromatic rings. The SMILES string of the molecule is COc1ccc(C(C)=NNC(=O)c2ccc(C)cc2)c(O)c1OC. The maximum atomic E-state index is 12.1. The van der Waals surface area contributed by atoms with Gasteiger partial charge in [0, 0.05) is 11.1 Å². The maximum Gasteiger partial charge on any atom is 0.271 e. The minimum absolute atomic E-state index is 0.0947. The standard InChI is InChI=1S/C18H20N2O4/c1-11-5-7-13(8-6-11)18(22)20-19-12(2)14-9-10-15(23-3)17(24-4)16(14)21/h5-10,21H,1-4H3,(H,20,22). The average Bonchev–Trinajstić information content (AvgIpc) is 2.59. The van der Waals surface area contributed by atoms with E-state index in [2.05, 4.69) is 10.5 Å². The summed E-state index contributed by atoms with van der Waals surface area (Å²) in [6.45, 7) is 3.63. The fraction of sp³-hybridized carbons (Fsp3) is 0.222. The fourth-order valence-electron chi connectivity index (χ4n) is 2.17. The molecule has 0 aliphatic carbocycles. The van der Waals surface area contributed by atoms with Gasteiger partial charge in [0.1, 0.15) is 0 Å². The number of phenols is 1. The minimum Gasteiger partial charge on any atom is -0.504 e. The largest absolute Gasteiger partial charge is 0.504 e. The van der Waals surface area contributed by atoms with Gasteiger partial charge >= 0.3 is 0 Å². The molecule has 0 spiro atoms. The van der Waals surface area contributed by atoms with E-state index in [1.807, 2.05) is 19.1 Å². The van der Waals surface area contributed by atoms with Gasteiger partial charge in [0.15, 0.2) is 11.5 Å². The van der Waals surface area contributed by atoms with Gasteiger partial charge in [-0.25, -0.2) is 5.43 Å². The van der Waals surface area contributed by atoms with Crippen molar-refractivity contribution in [2.75, 3.05) is 14.2 Å². The Kier molecular flexibility index (Phi) is 5.42. The van der Waals surface area contributed by atoms with Crippen LogP contribution in [0, 0.1) is 6.92 Å². The Balaban J connectivity index is 2.22. The minimum atomic E-state index is -0.325. The maximum absolute atomic E-state index is 12.1. The summed E-state index contributed by atoms with van der Waals surface area (Å²) in [5.41, 5.74) is 4.94. The van der Waals surface area contributed by atoms with Crippen LogP contribution in [0.15, 0.2) is 41.5 Å². The highest BCUT2D eigenvalue weighted by molar-refractivity contribution is 6.03. The number of hydrazone groups is 1. The monoisotopic (exact) mass is 328 g/mol. The molecular weight excluding hydrogens is 308 g/mol. The summed E-state index contributed by atoms with van der Waals surface area (Å²) in [5, 5.41) is 14.3. The van der Waals surface area contributed by atoms with E-state index < -0.39 is 0 Å². The quantitative estimate of drug-likeness (QED) is 0.653. The number of nitrogens with one attached hydrogen (secondary N) is 1. The molecule has 126 valence electrons. The summed E-state index contributed by atoms with van der Waals surface area (Å²) in [4.78, 5) is 12.1.